The maximum atomic E-state index is 13.1. The highest BCUT2D eigenvalue weighted by Crippen LogP contribution is 2.32. The highest BCUT2D eigenvalue weighted by Gasteiger charge is 2.45. The van der Waals surface area contributed by atoms with E-state index >= 15 is 0 Å². The number of carbonyl (C=O) groups excluding carboxylic acids is 5. The van der Waals surface area contributed by atoms with Crippen LogP contribution >= 0.6 is 0 Å². The number of imide groups is 2. The summed E-state index contributed by atoms with van der Waals surface area (Å²) in [6.45, 7) is 5.71. The molecular weight excluding hydrogens is 524 g/mol. The molecule has 1 aromatic rings. The molecule has 0 saturated carbocycles. The zero-order valence-corrected chi connectivity index (χ0v) is 22.8. The van der Waals surface area contributed by atoms with E-state index in [0.29, 0.717) is 58.5 Å². The lowest BCUT2D eigenvalue weighted by Crippen LogP contribution is -2.54. The third-order valence-electron chi connectivity index (χ3n) is 6.29. The van der Waals surface area contributed by atoms with Gasteiger partial charge in [-0.3, -0.25) is 34.2 Å². The van der Waals surface area contributed by atoms with Crippen molar-refractivity contribution in [1.29, 1.82) is 0 Å². The molecule has 1 saturated heterocycles. The minimum atomic E-state index is -0.990. The van der Waals surface area contributed by atoms with Crippen molar-refractivity contribution in [2.45, 2.75) is 38.6 Å². The maximum absolute atomic E-state index is 13.1. The van der Waals surface area contributed by atoms with Crippen LogP contribution in [0.4, 0.5) is 5.69 Å². The molecule has 220 valence electrons. The SMILES string of the molecule is CC(COCCOCCOCCCCNc1cccc2c1C(=O)N(C1CCC(=O)NC1=O)C2=O)COCC(N)=O. The van der Waals surface area contributed by atoms with E-state index in [2.05, 4.69) is 10.6 Å². The molecule has 1 fully saturated rings. The largest absolute Gasteiger partial charge is 0.384 e. The number of amides is 5. The lowest BCUT2D eigenvalue weighted by molar-refractivity contribution is -0.136. The molecule has 1 aromatic carbocycles. The van der Waals surface area contributed by atoms with E-state index in [4.69, 9.17) is 24.7 Å². The van der Waals surface area contributed by atoms with E-state index in [-0.39, 0.29) is 36.5 Å². The van der Waals surface area contributed by atoms with Crippen LogP contribution < -0.4 is 16.4 Å². The van der Waals surface area contributed by atoms with Crippen LogP contribution in [0.1, 0.15) is 53.3 Å². The van der Waals surface area contributed by atoms with Gasteiger partial charge in [-0.2, -0.15) is 0 Å². The Hall–Kier alpha value is -3.39. The van der Waals surface area contributed by atoms with E-state index in [9.17, 15) is 24.0 Å². The van der Waals surface area contributed by atoms with Crippen molar-refractivity contribution in [3.63, 3.8) is 0 Å². The van der Waals surface area contributed by atoms with Crippen LogP contribution in [-0.2, 0) is 33.3 Å². The molecule has 0 radical (unpaired) electrons. The van der Waals surface area contributed by atoms with E-state index < -0.39 is 35.6 Å². The number of hydrogen-bond donors (Lipinski definition) is 3. The lowest BCUT2D eigenvalue weighted by atomic mass is 10.0. The Labute approximate surface area is 233 Å². The van der Waals surface area contributed by atoms with E-state index in [1.54, 1.807) is 18.2 Å². The first-order chi connectivity index (χ1) is 19.3. The Kier molecular flexibility index (Phi) is 12.5. The van der Waals surface area contributed by atoms with Gasteiger partial charge in [-0.05, 0) is 31.4 Å². The smallest absolute Gasteiger partial charge is 0.264 e. The number of nitrogens with two attached hydrogens (primary N) is 1. The molecule has 0 spiro atoms. The van der Waals surface area contributed by atoms with Crippen molar-refractivity contribution in [1.82, 2.24) is 10.2 Å². The Balaban J connectivity index is 1.25. The summed E-state index contributed by atoms with van der Waals surface area (Å²) in [4.78, 5) is 61.3. The molecule has 5 amide bonds. The molecule has 40 heavy (non-hydrogen) atoms. The molecule has 2 aliphatic rings. The summed E-state index contributed by atoms with van der Waals surface area (Å²) in [5.74, 6) is -2.44. The molecule has 3 rings (SSSR count). The second-order valence-corrected chi connectivity index (χ2v) is 9.70. The van der Waals surface area contributed by atoms with Crippen LogP contribution in [0.15, 0.2) is 18.2 Å². The minimum absolute atomic E-state index is 0.0782. The van der Waals surface area contributed by atoms with Crippen molar-refractivity contribution in [3.8, 4) is 0 Å². The summed E-state index contributed by atoms with van der Waals surface area (Å²) >= 11 is 0. The molecule has 0 aliphatic carbocycles. The first kappa shape index (κ1) is 31.1. The van der Waals surface area contributed by atoms with Gasteiger partial charge >= 0.3 is 0 Å². The van der Waals surface area contributed by atoms with Crippen LogP contribution in [0.2, 0.25) is 0 Å². The summed E-state index contributed by atoms with van der Waals surface area (Å²) in [7, 11) is 0. The monoisotopic (exact) mass is 562 g/mol. The van der Waals surface area contributed by atoms with Gasteiger partial charge in [0, 0.05) is 31.2 Å². The zero-order valence-electron chi connectivity index (χ0n) is 22.8. The van der Waals surface area contributed by atoms with Gasteiger partial charge in [0.1, 0.15) is 12.6 Å². The highest BCUT2D eigenvalue weighted by molar-refractivity contribution is 6.25. The lowest BCUT2D eigenvalue weighted by Gasteiger charge is -2.27. The van der Waals surface area contributed by atoms with Gasteiger partial charge in [0.2, 0.25) is 17.7 Å². The van der Waals surface area contributed by atoms with Crippen molar-refractivity contribution < 1.29 is 42.9 Å². The highest BCUT2D eigenvalue weighted by atomic mass is 16.5. The number of fused-ring (bicyclic) bond motifs is 1. The van der Waals surface area contributed by atoms with E-state index in [1.807, 2.05) is 6.92 Å². The number of benzene rings is 1. The Morgan fingerprint density at radius 2 is 1.70 bits per heavy atom. The predicted octanol–water partition coefficient (Wildman–Crippen LogP) is 0.468. The molecular formula is C27H38N4O9. The van der Waals surface area contributed by atoms with E-state index in [0.717, 1.165) is 17.7 Å². The number of ether oxygens (including phenoxy) is 4. The van der Waals surface area contributed by atoms with Gasteiger partial charge in [-0.25, -0.2) is 0 Å². The molecule has 0 bridgehead atoms. The molecule has 0 aromatic heterocycles. The number of nitrogens with zero attached hydrogens (tertiary/aromatic N) is 1. The molecule has 4 N–H and O–H groups in total. The van der Waals surface area contributed by atoms with Crippen LogP contribution in [-0.4, -0.2) is 99.9 Å². The van der Waals surface area contributed by atoms with Crippen LogP contribution in [0.3, 0.4) is 0 Å². The third-order valence-corrected chi connectivity index (χ3v) is 6.29. The van der Waals surface area contributed by atoms with Crippen molar-refractivity contribution in [3.05, 3.63) is 29.3 Å². The standard InChI is InChI=1S/C27H38N4O9/c1-18(16-40-17-22(28)32)15-39-14-13-38-12-11-37-10-3-2-9-29-20-6-4-5-19-24(20)27(36)31(26(19)35)21-7-8-23(33)30-25(21)34/h4-6,18,21,29H,2-3,7-17H2,1H3,(H2,28,32)(H,30,33,34). The number of hydrogen-bond acceptors (Lipinski definition) is 10. The van der Waals surface area contributed by atoms with Gasteiger partial charge in [-0.1, -0.05) is 13.0 Å². The summed E-state index contributed by atoms with van der Waals surface area (Å²) in [5, 5.41) is 5.41. The number of primary amides is 1. The summed E-state index contributed by atoms with van der Waals surface area (Å²) in [5.41, 5.74) is 6.05. The Bertz CT molecular complexity index is 1060. The van der Waals surface area contributed by atoms with Crippen molar-refractivity contribution >= 4 is 35.2 Å². The third kappa shape index (κ3) is 9.08. The predicted molar refractivity (Wildman–Crippen MR) is 142 cm³/mol. The average molecular weight is 563 g/mol. The van der Waals surface area contributed by atoms with Gasteiger partial charge in [0.25, 0.3) is 11.8 Å². The fraction of sp³-hybridized carbons (Fsp3) is 0.593. The van der Waals surface area contributed by atoms with Gasteiger partial charge < -0.3 is 30.0 Å². The number of nitrogens with one attached hydrogen (secondary N) is 2. The quantitative estimate of drug-likeness (QED) is 0.159. The number of rotatable bonds is 19. The van der Waals surface area contributed by atoms with Crippen molar-refractivity contribution in [2.75, 3.05) is 64.7 Å². The Morgan fingerprint density at radius 1 is 1.00 bits per heavy atom. The second-order valence-electron chi connectivity index (χ2n) is 9.70. The first-order valence-electron chi connectivity index (χ1n) is 13.5. The average Bonchev–Trinajstić information content (AvgIpc) is 3.17. The zero-order chi connectivity index (χ0) is 28.9. The second kappa shape index (κ2) is 16.0. The van der Waals surface area contributed by atoms with Crippen LogP contribution in [0.25, 0.3) is 0 Å². The normalized spacial score (nSPS) is 17.6. The summed E-state index contributed by atoms with van der Waals surface area (Å²) < 4.78 is 21.7. The van der Waals surface area contributed by atoms with Crippen molar-refractivity contribution in [2.24, 2.45) is 11.7 Å². The number of unbranched alkanes of at least 4 members (excludes halogenated alkanes) is 1. The summed E-state index contributed by atoms with van der Waals surface area (Å²) in [6, 6.07) is 4.00. The maximum Gasteiger partial charge on any atom is 0.264 e. The first-order valence-corrected chi connectivity index (χ1v) is 13.5. The fourth-order valence-corrected chi connectivity index (χ4v) is 4.35. The topological polar surface area (TPSA) is 176 Å². The molecule has 2 unspecified atom stereocenters. The molecule has 13 heteroatoms. The minimum Gasteiger partial charge on any atom is -0.384 e. The van der Waals surface area contributed by atoms with E-state index in [1.165, 1.54) is 0 Å². The fourth-order valence-electron chi connectivity index (χ4n) is 4.35. The molecule has 2 aliphatic heterocycles. The summed E-state index contributed by atoms with van der Waals surface area (Å²) in [6.07, 6.45) is 1.76. The Morgan fingerprint density at radius 3 is 2.42 bits per heavy atom. The molecule has 2 heterocycles. The number of anilines is 1. The molecule has 13 nitrogen and oxygen atoms in total. The van der Waals surface area contributed by atoms with Gasteiger partial charge in [-0.15, -0.1) is 0 Å². The number of carbonyl (C=O) groups is 5. The van der Waals surface area contributed by atoms with Crippen LogP contribution in [0, 0.1) is 5.92 Å². The van der Waals surface area contributed by atoms with Gasteiger partial charge in [0.15, 0.2) is 0 Å². The van der Waals surface area contributed by atoms with Gasteiger partial charge in [0.05, 0.1) is 50.8 Å². The number of piperidine rings is 1. The molecule has 2 atom stereocenters. The van der Waals surface area contributed by atoms with Crippen LogP contribution in [0.5, 0.6) is 0 Å².